The Kier molecular flexibility index (Phi) is 5.24. The van der Waals surface area contributed by atoms with Crippen molar-refractivity contribution >= 4 is 45.8 Å². The molecule has 1 unspecified atom stereocenters. The van der Waals surface area contributed by atoms with E-state index in [0.29, 0.717) is 16.6 Å². The fourth-order valence-electron chi connectivity index (χ4n) is 2.53. The molecule has 2 amide bonds. The van der Waals surface area contributed by atoms with Gasteiger partial charge in [0.15, 0.2) is 0 Å². The van der Waals surface area contributed by atoms with Crippen molar-refractivity contribution in [1.29, 1.82) is 0 Å². The summed E-state index contributed by atoms with van der Waals surface area (Å²) in [4.78, 5) is 26.3. The van der Waals surface area contributed by atoms with Gasteiger partial charge in [0.1, 0.15) is 10.1 Å². The summed E-state index contributed by atoms with van der Waals surface area (Å²) in [6.45, 7) is 4.31. The van der Waals surface area contributed by atoms with E-state index >= 15 is 0 Å². The summed E-state index contributed by atoms with van der Waals surface area (Å²) in [5, 5.41) is 2.36. The number of carbonyl (C=O) groups is 2. The molecule has 0 saturated carbocycles. The minimum atomic E-state index is -0.492. The predicted octanol–water partition coefficient (Wildman–Crippen LogP) is 3.65. The summed E-state index contributed by atoms with van der Waals surface area (Å²) in [6.07, 6.45) is 1.64. The van der Waals surface area contributed by atoms with E-state index in [1.165, 1.54) is 22.2 Å². The van der Waals surface area contributed by atoms with E-state index < -0.39 is 5.25 Å². The van der Waals surface area contributed by atoms with Gasteiger partial charge in [-0.3, -0.25) is 14.5 Å². The maximum Gasteiger partial charge on any atom is 0.242 e. The molecule has 0 spiro atoms. The molecule has 2 aromatic rings. The molecule has 2 heterocycles. The third-order valence-electron chi connectivity index (χ3n) is 4.06. The largest absolute Gasteiger partial charge is 0.467 e. The summed E-state index contributed by atoms with van der Waals surface area (Å²) in [7, 11) is 0. The molecule has 130 valence electrons. The Morgan fingerprint density at radius 2 is 2.12 bits per heavy atom. The molecule has 1 atom stereocenters. The van der Waals surface area contributed by atoms with E-state index in [-0.39, 0.29) is 18.2 Å². The van der Waals surface area contributed by atoms with Crippen LogP contribution in [0, 0.1) is 13.8 Å². The van der Waals surface area contributed by atoms with Gasteiger partial charge in [-0.1, -0.05) is 30.0 Å². The molecule has 0 radical (unpaired) electrons. The summed E-state index contributed by atoms with van der Waals surface area (Å²) < 4.78 is 5.74. The van der Waals surface area contributed by atoms with Crippen molar-refractivity contribution in [3.63, 3.8) is 0 Å². The van der Waals surface area contributed by atoms with E-state index in [1.807, 2.05) is 32.0 Å². The molecular weight excluding hydrogens is 356 g/mol. The second kappa shape index (κ2) is 7.41. The third-order valence-corrected chi connectivity index (χ3v) is 5.64. The molecule has 1 fully saturated rings. The number of hydrogen-bond acceptors (Lipinski definition) is 5. The lowest BCUT2D eigenvalue weighted by Gasteiger charge is -2.14. The Balaban J connectivity index is 1.60. The highest BCUT2D eigenvalue weighted by Gasteiger charge is 2.38. The monoisotopic (exact) mass is 374 g/mol. The van der Waals surface area contributed by atoms with E-state index in [1.54, 1.807) is 18.4 Å². The van der Waals surface area contributed by atoms with Gasteiger partial charge in [0, 0.05) is 12.1 Å². The normalized spacial score (nSPS) is 17.2. The van der Waals surface area contributed by atoms with Crippen LogP contribution >= 0.6 is 24.0 Å². The van der Waals surface area contributed by atoms with E-state index in [4.69, 9.17) is 16.6 Å². The molecule has 0 bridgehead atoms. The third kappa shape index (κ3) is 4.11. The van der Waals surface area contributed by atoms with Gasteiger partial charge in [-0.2, -0.15) is 0 Å². The number of nitrogens with zero attached hydrogens (tertiary/aromatic N) is 1. The molecule has 1 aliphatic rings. The van der Waals surface area contributed by atoms with Crippen molar-refractivity contribution in [2.24, 2.45) is 0 Å². The SMILES string of the molecule is Cc1ccc(NC(=O)CC2SC(=S)N(Cc3ccco3)C2=O)cc1C. The van der Waals surface area contributed by atoms with Gasteiger partial charge in [0.05, 0.1) is 18.1 Å². The molecule has 1 saturated heterocycles. The zero-order valence-corrected chi connectivity index (χ0v) is 15.6. The van der Waals surface area contributed by atoms with Crippen LogP contribution < -0.4 is 5.32 Å². The standard InChI is InChI=1S/C18H18N2O3S2/c1-11-5-6-13(8-12(11)2)19-16(21)9-15-17(22)20(18(24)25-15)10-14-4-3-7-23-14/h3-8,15H,9-10H2,1-2H3,(H,19,21). The van der Waals surface area contributed by atoms with Crippen LogP contribution in [-0.4, -0.2) is 26.3 Å². The number of rotatable bonds is 5. The van der Waals surface area contributed by atoms with Crippen LogP contribution in [0.25, 0.3) is 0 Å². The molecule has 7 heteroatoms. The summed E-state index contributed by atoms with van der Waals surface area (Å²) in [5.41, 5.74) is 3.01. The Hall–Kier alpha value is -2.12. The first kappa shape index (κ1) is 17.7. The van der Waals surface area contributed by atoms with E-state index in [2.05, 4.69) is 5.32 Å². The van der Waals surface area contributed by atoms with Crippen molar-refractivity contribution in [2.45, 2.75) is 32.1 Å². The minimum Gasteiger partial charge on any atom is -0.467 e. The minimum absolute atomic E-state index is 0.0885. The lowest BCUT2D eigenvalue weighted by atomic mass is 10.1. The smallest absolute Gasteiger partial charge is 0.242 e. The molecule has 1 aromatic carbocycles. The number of nitrogens with one attached hydrogen (secondary N) is 1. The number of thioether (sulfide) groups is 1. The van der Waals surface area contributed by atoms with Crippen LogP contribution in [0.3, 0.4) is 0 Å². The fraction of sp³-hybridized carbons (Fsp3) is 0.278. The fourth-order valence-corrected chi connectivity index (χ4v) is 4.02. The number of amides is 2. The molecule has 0 aliphatic carbocycles. The molecule has 1 aliphatic heterocycles. The second-order valence-corrected chi connectivity index (χ2v) is 7.76. The Bertz CT molecular complexity index is 818. The van der Waals surface area contributed by atoms with Crippen LogP contribution in [0.2, 0.25) is 0 Å². The maximum absolute atomic E-state index is 12.5. The predicted molar refractivity (Wildman–Crippen MR) is 102 cm³/mol. The van der Waals surface area contributed by atoms with Gasteiger partial charge >= 0.3 is 0 Å². The number of furan rings is 1. The van der Waals surface area contributed by atoms with Gasteiger partial charge in [0.25, 0.3) is 0 Å². The van der Waals surface area contributed by atoms with E-state index in [9.17, 15) is 9.59 Å². The number of anilines is 1. The quantitative estimate of drug-likeness (QED) is 0.810. The molecule has 5 nitrogen and oxygen atoms in total. The molecular formula is C18H18N2O3S2. The highest BCUT2D eigenvalue weighted by atomic mass is 32.2. The van der Waals surface area contributed by atoms with E-state index in [0.717, 1.165) is 11.3 Å². The number of thiocarbonyl (C=S) groups is 1. The summed E-state index contributed by atoms with van der Waals surface area (Å²) in [6, 6.07) is 9.30. The first-order valence-electron chi connectivity index (χ1n) is 7.85. The number of hydrogen-bond donors (Lipinski definition) is 1. The number of benzene rings is 1. The van der Waals surface area contributed by atoms with Crippen LogP contribution in [0.1, 0.15) is 23.3 Å². The Morgan fingerprint density at radius 1 is 1.32 bits per heavy atom. The molecule has 1 N–H and O–H groups in total. The zero-order chi connectivity index (χ0) is 18.0. The van der Waals surface area contributed by atoms with Crippen LogP contribution in [0.5, 0.6) is 0 Å². The second-order valence-electron chi connectivity index (χ2n) is 5.93. The van der Waals surface area contributed by atoms with Gasteiger partial charge < -0.3 is 9.73 Å². The lowest BCUT2D eigenvalue weighted by Crippen LogP contribution is -2.32. The molecule has 25 heavy (non-hydrogen) atoms. The first-order chi connectivity index (χ1) is 11.9. The topological polar surface area (TPSA) is 62.6 Å². The Labute approximate surface area is 155 Å². The van der Waals surface area contributed by atoms with Crippen molar-refractivity contribution < 1.29 is 14.0 Å². The zero-order valence-electron chi connectivity index (χ0n) is 13.9. The van der Waals surface area contributed by atoms with Crippen LogP contribution in [0.15, 0.2) is 41.0 Å². The molecule has 3 rings (SSSR count). The van der Waals surface area contributed by atoms with Crippen LogP contribution in [-0.2, 0) is 16.1 Å². The van der Waals surface area contributed by atoms with Crippen LogP contribution in [0.4, 0.5) is 5.69 Å². The van der Waals surface area contributed by atoms with Gasteiger partial charge in [-0.15, -0.1) is 0 Å². The summed E-state index contributed by atoms with van der Waals surface area (Å²) >= 11 is 6.53. The average molecular weight is 374 g/mol. The van der Waals surface area contributed by atoms with Crippen molar-refractivity contribution in [3.8, 4) is 0 Å². The highest BCUT2D eigenvalue weighted by Crippen LogP contribution is 2.31. The Morgan fingerprint density at radius 3 is 2.80 bits per heavy atom. The van der Waals surface area contributed by atoms with Gasteiger partial charge in [-0.05, 0) is 49.2 Å². The summed E-state index contributed by atoms with van der Waals surface area (Å²) in [5.74, 6) is 0.315. The first-order valence-corrected chi connectivity index (χ1v) is 9.14. The number of aryl methyl sites for hydroxylation is 2. The van der Waals surface area contributed by atoms with Gasteiger partial charge in [0.2, 0.25) is 11.8 Å². The highest BCUT2D eigenvalue weighted by molar-refractivity contribution is 8.24. The van der Waals surface area contributed by atoms with Crippen molar-refractivity contribution in [3.05, 3.63) is 53.5 Å². The number of carbonyl (C=O) groups excluding carboxylic acids is 2. The van der Waals surface area contributed by atoms with Crippen molar-refractivity contribution in [1.82, 2.24) is 4.90 Å². The van der Waals surface area contributed by atoms with Crippen molar-refractivity contribution in [2.75, 3.05) is 5.32 Å². The molecule has 1 aromatic heterocycles. The average Bonchev–Trinajstić information content (AvgIpc) is 3.15. The lowest BCUT2D eigenvalue weighted by molar-refractivity contribution is -0.128. The van der Waals surface area contributed by atoms with Gasteiger partial charge in [-0.25, -0.2) is 0 Å². The maximum atomic E-state index is 12.5.